The standard InChI is InChI=1S/C18H15Cl2N3O/c1-12(16-7-4-14(19)10-17(16)20)22-18(24)13-2-5-15(6-3-13)23-9-8-21-11-23/h2-12H,1H3,(H,22,24). The molecule has 0 saturated carbocycles. The molecule has 1 unspecified atom stereocenters. The average Bonchev–Trinajstić information content (AvgIpc) is 3.09. The Morgan fingerprint density at radius 2 is 1.92 bits per heavy atom. The van der Waals surface area contributed by atoms with E-state index >= 15 is 0 Å². The maximum absolute atomic E-state index is 12.4. The monoisotopic (exact) mass is 359 g/mol. The van der Waals surface area contributed by atoms with Crippen LogP contribution in [0.4, 0.5) is 0 Å². The van der Waals surface area contributed by atoms with Gasteiger partial charge in [0.25, 0.3) is 5.91 Å². The van der Waals surface area contributed by atoms with Crippen LogP contribution >= 0.6 is 23.2 Å². The zero-order chi connectivity index (χ0) is 17.1. The highest BCUT2D eigenvalue weighted by molar-refractivity contribution is 6.35. The van der Waals surface area contributed by atoms with Crippen molar-refractivity contribution in [2.45, 2.75) is 13.0 Å². The van der Waals surface area contributed by atoms with Gasteiger partial charge in [-0.25, -0.2) is 4.98 Å². The van der Waals surface area contributed by atoms with Gasteiger partial charge in [0, 0.05) is 33.7 Å². The molecule has 2 aromatic carbocycles. The van der Waals surface area contributed by atoms with Crippen LogP contribution in [0.2, 0.25) is 10.0 Å². The summed E-state index contributed by atoms with van der Waals surface area (Å²) in [6.45, 7) is 1.88. The SMILES string of the molecule is CC(NC(=O)c1ccc(-n2ccnc2)cc1)c1ccc(Cl)cc1Cl. The minimum absolute atomic E-state index is 0.161. The second kappa shape index (κ2) is 7.07. The van der Waals surface area contributed by atoms with E-state index in [4.69, 9.17) is 23.2 Å². The van der Waals surface area contributed by atoms with E-state index < -0.39 is 0 Å². The van der Waals surface area contributed by atoms with Crippen molar-refractivity contribution in [3.63, 3.8) is 0 Å². The molecule has 0 fully saturated rings. The number of imidazole rings is 1. The molecule has 122 valence electrons. The molecule has 0 aliphatic rings. The Balaban J connectivity index is 1.72. The van der Waals surface area contributed by atoms with Gasteiger partial charge in [-0.2, -0.15) is 0 Å². The lowest BCUT2D eigenvalue weighted by atomic mass is 10.1. The normalized spacial score (nSPS) is 12.0. The summed E-state index contributed by atoms with van der Waals surface area (Å²) in [5.41, 5.74) is 2.35. The van der Waals surface area contributed by atoms with Gasteiger partial charge in [-0.15, -0.1) is 0 Å². The third-order valence-corrected chi connectivity index (χ3v) is 4.27. The highest BCUT2D eigenvalue weighted by Gasteiger charge is 2.14. The van der Waals surface area contributed by atoms with E-state index in [0.29, 0.717) is 15.6 Å². The molecule has 0 spiro atoms. The Hall–Kier alpha value is -2.30. The summed E-state index contributed by atoms with van der Waals surface area (Å²) in [4.78, 5) is 16.4. The van der Waals surface area contributed by atoms with Gasteiger partial charge in [-0.1, -0.05) is 29.3 Å². The smallest absolute Gasteiger partial charge is 0.251 e. The molecule has 0 saturated heterocycles. The summed E-state index contributed by atoms with van der Waals surface area (Å²) in [5.74, 6) is -0.161. The lowest BCUT2D eigenvalue weighted by Crippen LogP contribution is -2.26. The van der Waals surface area contributed by atoms with Crippen LogP contribution in [0.3, 0.4) is 0 Å². The van der Waals surface area contributed by atoms with Crippen LogP contribution in [-0.4, -0.2) is 15.5 Å². The Labute approximate surface area is 150 Å². The maximum Gasteiger partial charge on any atom is 0.251 e. The van der Waals surface area contributed by atoms with Crippen molar-refractivity contribution in [1.29, 1.82) is 0 Å². The van der Waals surface area contributed by atoms with Crippen molar-refractivity contribution >= 4 is 29.1 Å². The van der Waals surface area contributed by atoms with Gasteiger partial charge in [0.1, 0.15) is 0 Å². The van der Waals surface area contributed by atoms with Crippen LogP contribution in [0.1, 0.15) is 28.9 Å². The quantitative estimate of drug-likeness (QED) is 0.735. The van der Waals surface area contributed by atoms with Gasteiger partial charge < -0.3 is 9.88 Å². The highest BCUT2D eigenvalue weighted by Crippen LogP contribution is 2.26. The summed E-state index contributed by atoms with van der Waals surface area (Å²) in [6, 6.07) is 12.3. The first-order valence-electron chi connectivity index (χ1n) is 7.39. The first-order valence-corrected chi connectivity index (χ1v) is 8.14. The molecule has 6 heteroatoms. The number of hydrogen-bond acceptors (Lipinski definition) is 2. The van der Waals surface area contributed by atoms with Gasteiger partial charge in [-0.3, -0.25) is 4.79 Å². The van der Waals surface area contributed by atoms with Crippen molar-refractivity contribution in [3.05, 3.63) is 82.4 Å². The first kappa shape index (κ1) is 16.6. The molecule has 3 aromatic rings. The van der Waals surface area contributed by atoms with Crippen molar-refractivity contribution in [2.24, 2.45) is 0 Å². The van der Waals surface area contributed by atoms with E-state index in [1.807, 2.05) is 35.9 Å². The maximum atomic E-state index is 12.4. The van der Waals surface area contributed by atoms with E-state index in [2.05, 4.69) is 10.3 Å². The number of halogens is 2. The Bertz CT molecular complexity index is 845. The Kier molecular flexibility index (Phi) is 4.88. The second-order valence-electron chi connectivity index (χ2n) is 5.38. The summed E-state index contributed by atoms with van der Waals surface area (Å²) in [5, 5.41) is 4.04. The van der Waals surface area contributed by atoms with E-state index in [1.54, 1.807) is 36.8 Å². The van der Waals surface area contributed by atoms with Gasteiger partial charge >= 0.3 is 0 Å². The molecule has 1 amide bonds. The molecule has 0 aliphatic heterocycles. The van der Waals surface area contributed by atoms with Crippen LogP contribution < -0.4 is 5.32 Å². The molecule has 0 radical (unpaired) electrons. The third-order valence-electron chi connectivity index (χ3n) is 3.71. The molecule has 0 bridgehead atoms. The lowest BCUT2D eigenvalue weighted by molar-refractivity contribution is 0.0940. The molecule has 1 aromatic heterocycles. The summed E-state index contributed by atoms with van der Waals surface area (Å²) in [6.07, 6.45) is 5.26. The minimum atomic E-state index is -0.226. The van der Waals surface area contributed by atoms with Crippen LogP contribution in [0, 0.1) is 0 Å². The van der Waals surface area contributed by atoms with E-state index in [9.17, 15) is 4.79 Å². The average molecular weight is 360 g/mol. The fraction of sp³-hybridized carbons (Fsp3) is 0.111. The summed E-state index contributed by atoms with van der Waals surface area (Å²) >= 11 is 12.1. The van der Waals surface area contributed by atoms with Gasteiger partial charge in [0.05, 0.1) is 12.4 Å². The van der Waals surface area contributed by atoms with Crippen molar-refractivity contribution in [1.82, 2.24) is 14.9 Å². The van der Waals surface area contributed by atoms with E-state index in [0.717, 1.165) is 11.3 Å². The molecular weight excluding hydrogens is 345 g/mol. The minimum Gasteiger partial charge on any atom is -0.345 e. The highest BCUT2D eigenvalue weighted by atomic mass is 35.5. The van der Waals surface area contributed by atoms with Gasteiger partial charge in [0.2, 0.25) is 0 Å². The van der Waals surface area contributed by atoms with Gasteiger partial charge in [0.15, 0.2) is 0 Å². The van der Waals surface area contributed by atoms with Crippen LogP contribution in [-0.2, 0) is 0 Å². The molecule has 0 aliphatic carbocycles. The number of nitrogens with zero attached hydrogens (tertiary/aromatic N) is 2. The van der Waals surface area contributed by atoms with Gasteiger partial charge in [-0.05, 0) is 48.9 Å². The van der Waals surface area contributed by atoms with E-state index in [1.165, 1.54) is 0 Å². The van der Waals surface area contributed by atoms with E-state index in [-0.39, 0.29) is 11.9 Å². The first-order chi connectivity index (χ1) is 11.5. The molecular formula is C18H15Cl2N3O. The predicted molar refractivity (Wildman–Crippen MR) is 95.9 cm³/mol. The van der Waals surface area contributed by atoms with Crippen LogP contribution in [0.15, 0.2) is 61.2 Å². The largest absolute Gasteiger partial charge is 0.345 e. The number of nitrogens with one attached hydrogen (secondary N) is 1. The molecule has 3 rings (SSSR count). The lowest BCUT2D eigenvalue weighted by Gasteiger charge is -2.16. The summed E-state index contributed by atoms with van der Waals surface area (Å²) in [7, 11) is 0. The topological polar surface area (TPSA) is 46.9 Å². The number of carbonyl (C=O) groups is 1. The second-order valence-corrected chi connectivity index (χ2v) is 6.22. The van der Waals surface area contributed by atoms with Crippen LogP contribution in [0.5, 0.6) is 0 Å². The molecule has 4 nitrogen and oxygen atoms in total. The third kappa shape index (κ3) is 3.61. The predicted octanol–water partition coefficient (Wildman–Crippen LogP) is 4.67. The zero-order valence-electron chi connectivity index (χ0n) is 12.9. The number of carbonyl (C=O) groups excluding carboxylic acids is 1. The van der Waals surface area contributed by atoms with Crippen molar-refractivity contribution in [3.8, 4) is 5.69 Å². The fourth-order valence-corrected chi connectivity index (χ4v) is 2.98. The molecule has 1 heterocycles. The number of hydrogen-bond donors (Lipinski definition) is 1. The molecule has 24 heavy (non-hydrogen) atoms. The number of amides is 1. The Morgan fingerprint density at radius 3 is 2.54 bits per heavy atom. The summed E-state index contributed by atoms with van der Waals surface area (Å²) < 4.78 is 1.87. The number of rotatable bonds is 4. The Morgan fingerprint density at radius 1 is 1.17 bits per heavy atom. The van der Waals surface area contributed by atoms with Crippen LogP contribution in [0.25, 0.3) is 5.69 Å². The van der Waals surface area contributed by atoms with Crippen molar-refractivity contribution < 1.29 is 4.79 Å². The van der Waals surface area contributed by atoms with Crippen molar-refractivity contribution in [2.75, 3.05) is 0 Å². The number of aromatic nitrogens is 2. The number of benzene rings is 2. The zero-order valence-corrected chi connectivity index (χ0v) is 14.4. The molecule has 1 atom stereocenters. The fourth-order valence-electron chi connectivity index (χ4n) is 2.41. The molecule has 1 N–H and O–H groups in total.